The van der Waals surface area contributed by atoms with Crippen LogP contribution in [0.3, 0.4) is 0 Å². The second-order valence-electron chi connectivity index (χ2n) is 5.06. The van der Waals surface area contributed by atoms with Crippen LogP contribution >= 0.6 is 0 Å². The highest BCUT2D eigenvalue weighted by atomic mass is 32.2. The summed E-state index contributed by atoms with van der Waals surface area (Å²) in [6, 6.07) is 6.85. The number of sulfonamides is 1. The SMILES string of the molecule is C#CCN(CC1=CCC=CC1)S(=O)(=O)c1ccc(C)cc1. The maximum atomic E-state index is 12.7. The molecule has 0 atom stereocenters. The molecule has 1 aliphatic rings. The summed E-state index contributed by atoms with van der Waals surface area (Å²) >= 11 is 0. The summed E-state index contributed by atoms with van der Waals surface area (Å²) in [7, 11) is -3.55. The molecule has 0 bridgehead atoms. The van der Waals surface area contributed by atoms with E-state index in [1.807, 2.05) is 6.92 Å². The first-order valence-electron chi connectivity index (χ1n) is 6.87. The first-order valence-corrected chi connectivity index (χ1v) is 8.31. The predicted octanol–water partition coefficient (Wildman–Crippen LogP) is 2.90. The Morgan fingerprint density at radius 3 is 2.52 bits per heavy atom. The highest BCUT2D eigenvalue weighted by Crippen LogP contribution is 2.20. The van der Waals surface area contributed by atoms with Gasteiger partial charge in [-0.2, -0.15) is 4.31 Å². The number of nitrogens with zero attached hydrogens (tertiary/aromatic N) is 1. The molecule has 0 aliphatic heterocycles. The van der Waals surface area contributed by atoms with Gasteiger partial charge in [0.25, 0.3) is 0 Å². The molecule has 1 aliphatic carbocycles. The zero-order valence-electron chi connectivity index (χ0n) is 12.1. The summed E-state index contributed by atoms with van der Waals surface area (Å²) in [6.07, 6.45) is 13.2. The van der Waals surface area contributed by atoms with Crippen molar-refractivity contribution in [1.29, 1.82) is 0 Å². The molecule has 0 amide bonds. The summed E-state index contributed by atoms with van der Waals surface area (Å²) < 4.78 is 26.7. The van der Waals surface area contributed by atoms with Crippen LogP contribution < -0.4 is 0 Å². The molecule has 0 aromatic heterocycles. The molecular formula is C17H19NO2S. The van der Waals surface area contributed by atoms with Crippen molar-refractivity contribution in [2.24, 2.45) is 0 Å². The maximum absolute atomic E-state index is 12.7. The fraction of sp³-hybridized carbons (Fsp3) is 0.294. The smallest absolute Gasteiger partial charge is 0.207 e. The van der Waals surface area contributed by atoms with Gasteiger partial charge in [0, 0.05) is 6.54 Å². The molecule has 21 heavy (non-hydrogen) atoms. The predicted molar refractivity (Wildman–Crippen MR) is 85.2 cm³/mol. The molecule has 1 aromatic rings. The molecule has 0 heterocycles. The zero-order valence-corrected chi connectivity index (χ0v) is 12.9. The topological polar surface area (TPSA) is 37.4 Å². The van der Waals surface area contributed by atoms with Crippen LogP contribution in [0, 0.1) is 19.3 Å². The molecule has 1 aromatic carbocycles. The summed E-state index contributed by atoms with van der Waals surface area (Å²) in [5.41, 5.74) is 2.11. The Hall–Kier alpha value is -1.83. The number of hydrogen-bond donors (Lipinski definition) is 0. The normalized spacial score (nSPS) is 14.8. The maximum Gasteiger partial charge on any atom is 0.244 e. The van der Waals surface area contributed by atoms with E-state index in [0.717, 1.165) is 24.0 Å². The van der Waals surface area contributed by atoms with E-state index in [4.69, 9.17) is 6.42 Å². The Kier molecular flexibility index (Phi) is 5.00. The molecule has 110 valence electrons. The molecule has 0 N–H and O–H groups in total. The molecule has 0 spiro atoms. The number of rotatable bonds is 5. The van der Waals surface area contributed by atoms with Crippen molar-refractivity contribution in [3.05, 3.63) is 53.6 Å². The summed E-state index contributed by atoms with van der Waals surface area (Å²) in [6.45, 7) is 2.36. The minimum atomic E-state index is -3.55. The molecule has 2 rings (SSSR count). The third-order valence-electron chi connectivity index (χ3n) is 3.40. The molecule has 0 fully saturated rings. The average Bonchev–Trinajstić information content (AvgIpc) is 2.48. The minimum absolute atomic E-state index is 0.0806. The first kappa shape index (κ1) is 15.6. The standard InChI is InChI=1S/C17H19NO2S/c1-3-13-18(14-16-7-5-4-6-8-16)21(19,20)17-11-9-15(2)10-12-17/h1,4-5,8-12H,6-7,13-14H2,2H3. The van der Waals surface area contributed by atoms with Gasteiger partial charge in [0.15, 0.2) is 0 Å². The number of hydrogen-bond acceptors (Lipinski definition) is 2. The third kappa shape index (κ3) is 3.84. The zero-order chi connectivity index (χ0) is 15.3. The first-order chi connectivity index (χ1) is 10.0. The van der Waals surface area contributed by atoms with Crippen molar-refractivity contribution in [3.63, 3.8) is 0 Å². The lowest BCUT2D eigenvalue weighted by Gasteiger charge is -2.22. The van der Waals surface area contributed by atoms with Crippen LogP contribution in [0.25, 0.3) is 0 Å². The monoisotopic (exact) mass is 301 g/mol. The Balaban J connectivity index is 2.26. The van der Waals surface area contributed by atoms with Gasteiger partial charge in [-0.15, -0.1) is 6.42 Å². The Morgan fingerprint density at radius 1 is 1.24 bits per heavy atom. The average molecular weight is 301 g/mol. The van der Waals surface area contributed by atoms with Gasteiger partial charge in [-0.3, -0.25) is 0 Å². The van der Waals surface area contributed by atoms with Gasteiger partial charge in [-0.1, -0.05) is 47.4 Å². The van der Waals surface area contributed by atoms with E-state index in [2.05, 4.69) is 24.1 Å². The lowest BCUT2D eigenvalue weighted by Crippen LogP contribution is -2.33. The van der Waals surface area contributed by atoms with Crippen molar-refractivity contribution in [2.75, 3.05) is 13.1 Å². The number of benzene rings is 1. The molecule has 3 nitrogen and oxygen atoms in total. The van der Waals surface area contributed by atoms with Crippen molar-refractivity contribution in [2.45, 2.75) is 24.7 Å². The number of terminal acetylenes is 1. The van der Waals surface area contributed by atoms with Crippen molar-refractivity contribution < 1.29 is 8.42 Å². The molecule has 4 heteroatoms. The van der Waals surface area contributed by atoms with Crippen LogP contribution in [0.15, 0.2) is 53.0 Å². The summed E-state index contributed by atoms with van der Waals surface area (Å²) in [5.74, 6) is 2.45. The van der Waals surface area contributed by atoms with Gasteiger partial charge >= 0.3 is 0 Å². The molecule has 0 saturated carbocycles. The Bertz CT molecular complexity index is 691. The van der Waals surface area contributed by atoms with Gasteiger partial charge in [0.05, 0.1) is 11.4 Å². The molecule has 0 unspecified atom stereocenters. The fourth-order valence-electron chi connectivity index (χ4n) is 2.19. The minimum Gasteiger partial charge on any atom is -0.207 e. The lowest BCUT2D eigenvalue weighted by molar-refractivity contribution is 0.468. The van der Waals surface area contributed by atoms with E-state index in [9.17, 15) is 8.42 Å². The van der Waals surface area contributed by atoms with Crippen LogP contribution in [-0.4, -0.2) is 25.8 Å². The van der Waals surface area contributed by atoms with Crippen LogP contribution in [0.1, 0.15) is 18.4 Å². The van der Waals surface area contributed by atoms with Crippen molar-refractivity contribution in [1.82, 2.24) is 4.31 Å². The molecular weight excluding hydrogens is 282 g/mol. The van der Waals surface area contributed by atoms with Crippen molar-refractivity contribution in [3.8, 4) is 12.3 Å². The van der Waals surface area contributed by atoms with Crippen LogP contribution in [0.5, 0.6) is 0 Å². The van der Waals surface area contributed by atoms with E-state index >= 15 is 0 Å². The van der Waals surface area contributed by atoms with Crippen LogP contribution in [0.2, 0.25) is 0 Å². The van der Waals surface area contributed by atoms with Crippen LogP contribution in [-0.2, 0) is 10.0 Å². The summed E-state index contributed by atoms with van der Waals surface area (Å²) in [5, 5.41) is 0. The van der Waals surface area contributed by atoms with E-state index < -0.39 is 10.0 Å². The largest absolute Gasteiger partial charge is 0.244 e. The van der Waals surface area contributed by atoms with Crippen LogP contribution in [0.4, 0.5) is 0 Å². The van der Waals surface area contributed by atoms with Gasteiger partial charge in [-0.05, 0) is 31.9 Å². The fourth-order valence-corrected chi connectivity index (χ4v) is 3.55. The van der Waals surface area contributed by atoms with E-state index in [0.29, 0.717) is 6.54 Å². The second kappa shape index (κ2) is 6.75. The molecule has 0 radical (unpaired) electrons. The van der Waals surface area contributed by atoms with E-state index in [-0.39, 0.29) is 11.4 Å². The van der Waals surface area contributed by atoms with E-state index in [1.165, 1.54) is 4.31 Å². The quantitative estimate of drug-likeness (QED) is 0.619. The third-order valence-corrected chi connectivity index (χ3v) is 5.20. The van der Waals surface area contributed by atoms with Gasteiger partial charge in [0.1, 0.15) is 0 Å². The molecule has 0 saturated heterocycles. The van der Waals surface area contributed by atoms with Gasteiger partial charge in [-0.25, -0.2) is 8.42 Å². The highest BCUT2D eigenvalue weighted by Gasteiger charge is 2.24. The second-order valence-corrected chi connectivity index (χ2v) is 7.00. The lowest BCUT2D eigenvalue weighted by atomic mass is 10.1. The highest BCUT2D eigenvalue weighted by molar-refractivity contribution is 7.89. The van der Waals surface area contributed by atoms with Crippen molar-refractivity contribution >= 4 is 10.0 Å². The number of allylic oxidation sites excluding steroid dienone is 3. The van der Waals surface area contributed by atoms with Gasteiger partial charge in [0.2, 0.25) is 10.0 Å². The Labute approximate surface area is 127 Å². The summed E-state index contributed by atoms with van der Waals surface area (Å²) in [4.78, 5) is 0.287. The Morgan fingerprint density at radius 2 is 1.95 bits per heavy atom. The van der Waals surface area contributed by atoms with Gasteiger partial charge < -0.3 is 0 Å². The number of aryl methyl sites for hydroxylation is 1. The van der Waals surface area contributed by atoms with E-state index in [1.54, 1.807) is 24.3 Å².